The van der Waals surface area contributed by atoms with Gasteiger partial charge in [-0.3, -0.25) is 9.52 Å². The highest BCUT2D eigenvalue weighted by atomic mass is 32.2. The first-order chi connectivity index (χ1) is 9.36. The van der Waals surface area contributed by atoms with E-state index in [0.717, 1.165) is 4.31 Å². The van der Waals surface area contributed by atoms with Gasteiger partial charge in [0.2, 0.25) is 0 Å². The molecule has 0 unspecified atom stereocenters. The van der Waals surface area contributed by atoms with Gasteiger partial charge in [0.05, 0.1) is 18.7 Å². The smallest absolute Gasteiger partial charge is 0.304 e. The molecule has 0 radical (unpaired) electrons. The Kier molecular flexibility index (Phi) is 5.78. The fourth-order valence-corrected chi connectivity index (χ4v) is 2.36. The van der Waals surface area contributed by atoms with Crippen molar-refractivity contribution in [3.05, 3.63) is 24.3 Å². The molecule has 0 heterocycles. The average Bonchev–Trinajstić information content (AvgIpc) is 2.38. The van der Waals surface area contributed by atoms with Gasteiger partial charge in [-0.15, -0.1) is 0 Å². The van der Waals surface area contributed by atoms with E-state index in [1.54, 1.807) is 31.2 Å². The van der Waals surface area contributed by atoms with Crippen LogP contribution in [0.1, 0.15) is 13.3 Å². The predicted molar refractivity (Wildman–Crippen MR) is 75.0 cm³/mol. The lowest BCUT2D eigenvalue weighted by Crippen LogP contribution is -2.34. The number of carbonyl (C=O) groups is 1. The van der Waals surface area contributed by atoms with Gasteiger partial charge < -0.3 is 9.84 Å². The van der Waals surface area contributed by atoms with Crippen molar-refractivity contribution in [3.63, 3.8) is 0 Å². The van der Waals surface area contributed by atoms with E-state index in [1.807, 2.05) is 0 Å². The summed E-state index contributed by atoms with van der Waals surface area (Å²) in [6.45, 7) is 2.10. The third-order valence-electron chi connectivity index (χ3n) is 2.48. The molecule has 2 N–H and O–H groups in total. The summed E-state index contributed by atoms with van der Waals surface area (Å²) in [4.78, 5) is 10.5. The number of carboxylic acids is 1. The number of hydrogen-bond acceptors (Lipinski definition) is 4. The molecule has 1 aromatic rings. The number of nitrogens with one attached hydrogen (secondary N) is 1. The van der Waals surface area contributed by atoms with Crippen molar-refractivity contribution in [1.29, 1.82) is 0 Å². The first-order valence-corrected chi connectivity index (χ1v) is 7.48. The van der Waals surface area contributed by atoms with Crippen molar-refractivity contribution >= 4 is 21.9 Å². The van der Waals surface area contributed by atoms with Crippen LogP contribution >= 0.6 is 0 Å². The number of ether oxygens (including phenoxy) is 1. The Morgan fingerprint density at radius 3 is 2.65 bits per heavy atom. The molecule has 0 saturated heterocycles. The Morgan fingerprint density at radius 1 is 1.40 bits per heavy atom. The summed E-state index contributed by atoms with van der Waals surface area (Å²) >= 11 is 0. The molecule has 0 fully saturated rings. The summed E-state index contributed by atoms with van der Waals surface area (Å²) in [5, 5.41) is 8.57. The summed E-state index contributed by atoms with van der Waals surface area (Å²) in [5.74, 6) is -0.632. The van der Waals surface area contributed by atoms with Crippen LogP contribution < -0.4 is 9.46 Å². The highest BCUT2D eigenvalue weighted by Crippen LogP contribution is 2.25. The first kappa shape index (κ1) is 16.3. The fourth-order valence-electron chi connectivity index (χ4n) is 1.42. The maximum atomic E-state index is 12.0. The van der Waals surface area contributed by atoms with Crippen LogP contribution in [0.4, 0.5) is 5.69 Å². The van der Waals surface area contributed by atoms with E-state index in [1.165, 1.54) is 7.05 Å². The molecule has 0 atom stereocenters. The number of benzene rings is 1. The summed E-state index contributed by atoms with van der Waals surface area (Å²) in [6, 6.07) is 6.64. The Hall–Kier alpha value is -1.80. The molecule has 112 valence electrons. The quantitative estimate of drug-likeness (QED) is 0.751. The minimum atomic E-state index is -3.81. The molecule has 0 aromatic heterocycles. The second-order valence-corrected chi connectivity index (χ2v) is 5.78. The minimum absolute atomic E-state index is 0.110. The Morgan fingerprint density at radius 2 is 2.05 bits per heavy atom. The van der Waals surface area contributed by atoms with Crippen LogP contribution in [0, 0.1) is 0 Å². The van der Waals surface area contributed by atoms with Crippen molar-refractivity contribution in [1.82, 2.24) is 4.31 Å². The lowest BCUT2D eigenvalue weighted by molar-refractivity contribution is -0.137. The van der Waals surface area contributed by atoms with Crippen LogP contribution in [0.15, 0.2) is 24.3 Å². The minimum Gasteiger partial charge on any atom is -0.492 e. The van der Waals surface area contributed by atoms with E-state index in [-0.39, 0.29) is 13.0 Å². The van der Waals surface area contributed by atoms with Crippen molar-refractivity contribution in [3.8, 4) is 5.75 Å². The highest BCUT2D eigenvalue weighted by molar-refractivity contribution is 7.90. The molecule has 20 heavy (non-hydrogen) atoms. The van der Waals surface area contributed by atoms with Gasteiger partial charge in [0.25, 0.3) is 0 Å². The molecular weight excluding hydrogens is 284 g/mol. The SMILES string of the molecule is CCOc1ccccc1NS(=O)(=O)N(C)CCC(=O)O. The van der Waals surface area contributed by atoms with Gasteiger partial charge in [0.1, 0.15) is 5.75 Å². The summed E-state index contributed by atoms with van der Waals surface area (Å²) in [7, 11) is -2.50. The van der Waals surface area contributed by atoms with E-state index in [9.17, 15) is 13.2 Å². The summed E-state index contributed by atoms with van der Waals surface area (Å²) in [5.41, 5.74) is 0.316. The molecule has 8 heteroatoms. The van der Waals surface area contributed by atoms with Crippen LogP contribution in [0.2, 0.25) is 0 Å². The van der Waals surface area contributed by atoms with E-state index >= 15 is 0 Å². The number of carboxylic acid groups (broad SMARTS) is 1. The number of hydrogen-bond donors (Lipinski definition) is 2. The Labute approximate surface area is 118 Å². The maximum absolute atomic E-state index is 12.0. The molecule has 0 aliphatic heterocycles. The Bertz CT molecular complexity index is 559. The Balaban J connectivity index is 2.82. The van der Waals surface area contributed by atoms with E-state index < -0.39 is 16.2 Å². The van der Waals surface area contributed by atoms with E-state index in [2.05, 4.69) is 4.72 Å². The molecule has 1 aromatic carbocycles. The van der Waals surface area contributed by atoms with Gasteiger partial charge >= 0.3 is 16.2 Å². The lowest BCUT2D eigenvalue weighted by Gasteiger charge is -2.19. The average molecular weight is 302 g/mol. The van der Waals surface area contributed by atoms with E-state index in [4.69, 9.17) is 9.84 Å². The molecule has 0 bridgehead atoms. The molecule has 0 spiro atoms. The number of aliphatic carboxylic acids is 1. The van der Waals surface area contributed by atoms with Gasteiger partial charge in [-0.1, -0.05) is 12.1 Å². The normalized spacial score (nSPS) is 11.3. The van der Waals surface area contributed by atoms with Crippen LogP contribution in [-0.2, 0) is 15.0 Å². The zero-order valence-corrected chi connectivity index (χ0v) is 12.2. The number of nitrogens with zero attached hydrogens (tertiary/aromatic N) is 1. The second-order valence-electron chi connectivity index (χ2n) is 4.00. The third kappa shape index (κ3) is 4.71. The molecule has 1 rings (SSSR count). The van der Waals surface area contributed by atoms with Crippen LogP contribution in [0.3, 0.4) is 0 Å². The second kappa shape index (κ2) is 7.11. The standard InChI is InChI=1S/C12H18N2O5S/c1-3-19-11-7-5-4-6-10(11)13-20(17,18)14(2)9-8-12(15)16/h4-7,13H,3,8-9H2,1-2H3,(H,15,16). The summed E-state index contributed by atoms with van der Waals surface area (Å²) in [6.07, 6.45) is -0.259. The zero-order valence-electron chi connectivity index (χ0n) is 11.4. The van der Waals surface area contributed by atoms with Crippen molar-refractivity contribution < 1.29 is 23.1 Å². The van der Waals surface area contributed by atoms with E-state index in [0.29, 0.717) is 18.0 Å². The van der Waals surface area contributed by atoms with Gasteiger partial charge in [0, 0.05) is 13.6 Å². The van der Waals surface area contributed by atoms with Gasteiger partial charge in [-0.25, -0.2) is 0 Å². The largest absolute Gasteiger partial charge is 0.492 e. The summed E-state index contributed by atoms with van der Waals surface area (Å²) < 4.78 is 32.7. The molecule has 0 aliphatic carbocycles. The van der Waals surface area contributed by atoms with Crippen LogP contribution in [-0.4, -0.2) is 44.0 Å². The molecule has 7 nitrogen and oxygen atoms in total. The molecular formula is C12H18N2O5S. The van der Waals surface area contributed by atoms with Crippen molar-refractivity contribution in [2.45, 2.75) is 13.3 Å². The van der Waals surface area contributed by atoms with Crippen LogP contribution in [0.25, 0.3) is 0 Å². The van der Waals surface area contributed by atoms with Crippen molar-refractivity contribution in [2.24, 2.45) is 0 Å². The number of para-hydroxylation sites is 2. The van der Waals surface area contributed by atoms with Crippen LogP contribution in [0.5, 0.6) is 5.75 Å². The lowest BCUT2D eigenvalue weighted by atomic mass is 10.3. The number of anilines is 1. The topological polar surface area (TPSA) is 95.9 Å². The highest BCUT2D eigenvalue weighted by Gasteiger charge is 2.19. The van der Waals surface area contributed by atoms with Gasteiger partial charge in [0.15, 0.2) is 0 Å². The van der Waals surface area contributed by atoms with Gasteiger partial charge in [-0.05, 0) is 19.1 Å². The predicted octanol–water partition coefficient (Wildman–Crippen LogP) is 1.15. The fraction of sp³-hybridized carbons (Fsp3) is 0.417. The molecule has 0 saturated carbocycles. The number of rotatable bonds is 8. The first-order valence-electron chi connectivity index (χ1n) is 6.04. The zero-order chi connectivity index (χ0) is 15.2. The third-order valence-corrected chi connectivity index (χ3v) is 3.96. The maximum Gasteiger partial charge on any atom is 0.304 e. The molecule has 0 aliphatic rings. The monoisotopic (exact) mass is 302 g/mol. The van der Waals surface area contributed by atoms with Crippen molar-refractivity contribution in [2.75, 3.05) is 24.9 Å². The van der Waals surface area contributed by atoms with Gasteiger partial charge in [-0.2, -0.15) is 12.7 Å². The molecule has 0 amide bonds.